The zero-order valence-corrected chi connectivity index (χ0v) is 17.9. The highest BCUT2D eigenvalue weighted by Crippen LogP contribution is 2.44. The SMILES string of the molecule is CCC[C@H](NC(=O)OCC1c2ccccc2-c2ccccc21)C(=O)N[C@H](CCO)C(=O)O. The minimum absolute atomic E-state index is 0.104. The van der Waals surface area contributed by atoms with Crippen LogP contribution in [0.2, 0.25) is 0 Å². The van der Waals surface area contributed by atoms with Crippen molar-refractivity contribution < 1.29 is 29.3 Å². The van der Waals surface area contributed by atoms with E-state index in [-0.39, 0.29) is 25.6 Å². The highest BCUT2D eigenvalue weighted by atomic mass is 16.5. The number of nitrogens with one attached hydrogen (secondary N) is 2. The highest BCUT2D eigenvalue weighted by Gasteiger charge is 2.30. The topological polar surface area (TPSA) is 125 Å². The van der Waals surface area contributed by atoms with Gasteiger partial charge in [-0.25, -0.2) is 9.59 Å². The van der Waals surface area contributed by atoms with E-state index >= 15 is 0 Å². The van der Waals surface area contributed by atoms with Gasteiger partial charge in [0, 0.05) is 18.9 Å². The summed E-state index contributed by atoms with van der Waals surface area (Å²) in [6.07, 6.45) is 0.0562. The van der Waals surface area contributed by atoms with Crippen LogP contribution in [-0.2, 0) is 14.3 Å². The van der Waals surface area contributed by atoms with Gasteiger partial charge in [-0.2, -0.15) is 0 Å². The molecule has 0 bridgehead atoms. The third-order valence-corrected chi connectivity index (χ3v) is 5.56. The number of aliphatic hydroxyl groups excluding tert-OH is 1. The van der Waals surface area contributed by atoms with E-state index < -0.39 is 30.1 Å². The van der Waals surface area contributed by atoms with Gasteiger partial charge in [0.25, 0.3) is 0 Å². The Bertz CT molecular complexity index is 931. The van der Waals surface area contributed by atoms with Gasteiger partial charge < -0.3 is 25.6 Å². The van der Waals surface area contributed by atoms with Crippen molar-refractivity contribution in [3.63, 3.8) is 0 Å². The van der Waals surface area contributed by atoms with Crippen LogP contribution in [0.25, 0.3) is 11.1 Å². The fraction of sp³-hybridized carbons (Fsp3) is 0.375. The number of carbonyl (C=O) groups is 3. The zero-order valence-electron chi connectivity index (χ0n) is 17.9. The summed E-state index contributed by atoms with van der Waals surface area (Å²) in [5.41, 5.74) is 4.39. The average Bonchev–Trinajstić information content (AvgIpc) is 3.10. The monoisotopic (exact) mass is 440 g/mol. The molecule has 2 amide bonds. The molecule has 2 aromatic rings. The van der Waals surface area contributed by atoms with Crippen LogP contribution in [0, 0.1) is 0 Å². The summed E-state index contributed by atoms with van der Waals surface area (Å²) in [6.45, 7) is 1.58. The molecule has 8 nitrogen and oxygen atoms in total. The first-order valence-corrected chi connectivity index (χ1v) is 10.7. The van der Waals surface area contributed by atoms with Crippen LogP contribution in [0.1, 0.15) is 43.2 Å². The Labute approximate surface area is 186 Å². The lowest BCUT2D eigenvalue weighted by molar-refractivity contribution is -0.142. The highest BCUT2D eigenvalue weighted by molar-refractivity contribution is 5.89. The second kappa shape index (κ2) is 10.8. The molecule has 4 N–H and O–H groups in total. The number of hydrogen-bond donors (Lipinski definition) is 4. The van der Waals surface area contributed by atoms with Gasteiger partial charge >= 0.3 is 12.1 Å². The Hall–Kier alpha value is -3.39. The minimum Gasteiger partial charge on any atom is -0.480 e. The standard InChI is InChI=1S/C24H28N2O6/c1-2-7-20(22(28)25-21(12-13-27)23(29)30)26-24(31)32-14-19-17-10-5-3-8-15(17)16-9-4-6-11-18(16)19/h3-6,8-11,19-21,27H,2,7,12-14H2,1H3,(H,25,28)(H,26,31)(H,29,30)/t20-,21+/m0/s1. The van der Waals surface area contributed by atoms with E-state index in [1.807, 2.05) is 55.5 Å². The lowest BCUT2D eigenvalue weighted by atomic mass is 9.98. The number of benzene rings is 2. The molecule has 0 fully saturated rings. The van der Waals surface area contributed by atoms with Crippen molar-refractivity contribution in [2.45, 2.75) is 44.2 Å². The molecular weight excluding hydrogens is 412 g/mol. The first-order chi connectivity index (χ1) is 15.5. The minimum atomic E-state index is -1.25. The first-order valence-electron chi connectivity index (χ1n) is 10.7. The van der Waals surface area contributed by atoms with Crippen LogP contribution in [0.3, 0.4) is 0 Å². The smallest absolute Gasteiger partial charge is 0.407 e. The van der Waals surface area contributed by atoms with Crippen LogP contribution >= 0.6 is 0 Å². The van der Waals surface area contributed by atoms with Crippen molar-refractivity contribution in [3.05, 3.63) is 59.7 Å². The summed E-state index contributed by atoms with van der Waals surface area (Å²) in [6, 6.07) is 13.8. The molecule has 0 saturated carbocycles. The van der Waals surface area contributed by atoms with E-state index in [2.05, 4.69) is 10.6 Å². The maximum Gasteiger partial charge on any atom is 0.407 e. The molecule has 0 aliphatic heterocycles. The number of hydrogen-bond acceptors (Lipinski definition) is 5. The molecule has 3 rings (SSSR count). The first kappa shape index (κ1) is 23.3. The maximum atomic E-state index is 12.5. The normalized spacial score (nSPS) is 14.1. The Morgan fingerprint density at radius 1 is 0.938 bits per heavy atom. The van der Waals surface area contributed by atoms with Crippen LogP contribution in [0.5, 0.6) is 0 Å². The Balaban J connectivity index is 1.64. The van der Waals surface area contributed by atoms with Crippen molar-refractivity contribution in [1.29, 1.82) is 0 Å². The molecule has 2 aromatic carbocycles. The zero-order chi connectivity index (χ0) is 23.1. The van der Waals surface area contributed by atoms with Crippen molar-refractivity contribution in [2.24, 2.45) is 0 Å². The van der Waals surface area contributed by atoms with E-state index in [0.29, 0.717) is 12.8 Å². The summed E-state index contributed by atoms with van der Waals surface area (Å²) < 4.78 is 5.48. The lowest BCUT2D eigenvalue weighted by Crippen LogP contribution is -2.52. The number of carbonyl (C=O) groups excluding carboxylic acids is 2. The van der Waals surface area contributed by atoms with Gasteiger partial charge in [0.05, 0.1) is 0 Å². The average molecular weight is 440 g/mol. The van der Waals surface area contributed by atoms with Gasteiger partial charge in [-0.3, -0.25) is 4.79 Å². The van der Waals surface area contributed by atoms with E-state index in [0.717, 1.165) is 22.3 Å². The van der Waals surface area contributed by atoms with Gasteiger partial charge in [0.1, 0.15) is 18.7 Å². The molecule has 32 heavy (non-hydrogen) atoms. The second-order valence-corrected chi connectivity index (χ2v) is 7.72. The molecule has 0 aromatic heterocycles. The van der Waals surface area contributed by atoms with E-state index in [1.165, 1.54) is 0 Å². The number of aliphatic hydroxyl groups is 1. The Morgan fingerprint density at radius 3 is 2.06 bits per heavy atom. The lowest BCUT2D eigenvalue weighted by Gasteiger charge is -2.21. The maximum absolute atomic E-state index is 12.5. The number of carboxylic acid groups (broad SMARTS) is 1. The van der Waals surface area contributed by atoms with E-state index in [9.17, 15) is 19.5 Å². The van der Waals surface area contributed by atoms with Crippen molar-refractivity contribution >= 4 is 18.0 Å². The van der Waals surface area contributed by atoms with Crippen LogP contribution < -0.4 is 10.6 Å². The molecule has 1 aliphatic rings. The van der Waals surface area contributed by atoms with Crippen LogP contribution in [0.15, 0.2) is 48.5 Å². The number of fused-ring (bicyclic) bond motifs is 3. The summed E-state index contributed by atoms with van der Waals surface area (Å²) in [7, 11) is 0. The van der Waals surface area contributed by atoms with Gasteiger partial charge in [0.2, 0.25) is 5.91 Å². The number of amides is 2. The van der Waals surface area contributed by atoms with E-state index in [1.54, 1.807) is 0 Å². The third-order valence-electron chi connectivity index (χ3n) is 5.56. The molecule has 0 spiro atoms. The molecule has 0 radical (unpaired) electrons. The molecule has 0 unspecified atom stereocenters. The quantitative estimate of drug-likeness (QED) is 0.450. The molecule has 8 heteroatoms. The molecule has 1 aliphatic carbocycles. The van der Waals surface area contributed by atoms with Crippen LogP contribution in [-0.4, -0.2) is 53.5 Å². The van der Waals surface area contributed by atoms with Crippen molar-refractivity contribution in [2.75, 3.05) is 13.2 Å². The molecule has 0 heterocycles. The van der Waals surface area contributed by atoms with Crippen molar-refractivity contribution in [1.82, 2.24) is 10.6 Å². The number of ether oxygens (including phenoxy) is 1. The fourth-order valence-corrected chi connectivity index (χ4v) is 4.00. The van der Waals surface area contributed by atoms with Gasteiger partial charge in [-0.1, -0.05) is 61.9 Å². The largest absolute Gasteiger partial charge is 0.480 e. The number of aliphatic carboxylic acids is 1. The third kappa shape index (κ3) is 5.26. The second-order valence-electron chi connectivity index (χ2n) is 7.72. The molecular formula is C24H28N2O6. The van der Waals surface area contributed by atoms with Crippen LogP contribution in [0.4, 0.5) is 4.79 Å². The fourth-order valence-electron chi connectivity index (χ4n) is 4.00. The molecule has 2 atom stereocenters. The molecule has 170 valence electrons. The van der Waals surface area contributed by atoms with Gasteiger partial charge in [-0.05, 0) is 28.7 Å². The summed E-state index contributed by atoms with van der Waals surface area (Å²) in [4.78, 5) is 36.2. The summed E-state index contributed by atoms with van der Waals surface area (Å²) >= 11 is 0. The predicted molar refractivity (Wildman–Crippen MR) is 118 cm³/mol. The summed E-state index contributed by atoms with van der Waals surface area (Å²) in [5, 5.41) is 23.1. The Morgan fingerprint density at radius 2 is 1.53 bits per heavy atom. The van der Waals surface area contributed by atoms with Crippen molar-refractivity contribution in [3.8, 4) is 11.1 Å². The number of alkyl carbamates (subject to hydrolysis) is 1. The number of carboxylic acids is 1. The summed E-state index contributed by atoms with van der Waals surface area (Å²) in [5.74, 6) is -1.97. The molecule has 0 saturated heterocycles. The van der Waals surface area contributed by atoms with Gasteiger partial charge in [-0.15, -0.1) is 0 Å². The van der Waals surface area contributed by atoms with E-state index in [4.69, 9.17) is 9.84 Å². The predicted octanol–water partition coefficient (Wildman–Crippen LogP) is 2.65. The Kier molecular flexibility index (Phi) is 7.83. The van der Waals surface area contributed by atoms with Gasteiger partial charge in [0.15, 0.2) is 0 Å². The number of rotatable bonds is 10.